The average Bonchev–Trinajstić information content (AvgIpc) is 2.89. The molecule has 10 heteroatoms. The molecule has 2 aromatic rings. The number of nitrogens with two attached hydrogens (primary N) is 2. The number of primary amides is 1. The number of aliphatic hydroxyl groups is 2. The standard InChI is InChI=1S/C33H40N4O6/c1-33(35,14-16-9-7-6-8-10-16)15-18-13-21(36(2)3)19-11-17-12-20-24(29(40)22(17)28(39)23(19)27(18)38)30(41)25(32(34)43)31(42)26(20)37(4)5/h6-10,13,17,20,24,26,38-39,42H,11-12,14-15,35H2,1-5H3,(H2,34,43). The van der Waals surface area contributed by atoms with Gasteiger partial charge < -0.3 is 31.7 Å². The van der Waals surface area contributed by atoms with Crippen molar-refractivity contribution in [2.75, 3.05) is 33.1 Å². The second kappa shape index (κ2) is 10.8. The summed E-state index contributed by atoms with van der Waals surface area (Å²) in [5.41, 5.74) is 14.1. The van der Waals surface area contributed by atoms with Gasteiger partial charge in [-0.2, -0.15) is 0 Å². The summed E-state index contributed by atoms with van der Waals surface area (Å²) in [7, 11) is 7.14. The molecule has 0 aliphatic heterocycles. The molecule has 10 nitrogen and oxygen atoms in total. The second-order valence-electron chi connectivity index (χ2n) is 12.9. The maximum atomic E-state index is 14.1. The minimum Gasteiger partial charge on any atom is -0.510 e. The Morgan fingerprint density at radius 1 is 1.02 bits per heavy atom. The highest BCUT2D eigenvalue weighted by Crippen LogP contribution is 2.52. The van der Waals surface area contributed by atoms with Gasteiger partial charge in [-0.15, -0.1) is 0 Å². The molecule has 228 valence electrons. The fourth-order valence-electron chi connectivity index (χ4n) is 7.46. The number of amides is 1. The van der Waals surface area contributed by atoms with Crippen LogP contribution < -0.4 is 16.4 Å². The number of aliphatic hydroxyl groups excluding tert-OH is 2. The predicted molar refractivity (Wildman–Crippen MR) is 164 cm³/mol. The first-order valence-electron chi connectivity index (χ1n) is 14.4. The van der Waals surface area contributed by atoms with Crippen molar-refractivity contribution in [1.82, 2.24) is 4.90 Å². The van der Waals surface area contributed by atoms with Gasteiger partial charge in [-0.25, -0.2) is 0 Å². The number of aromatic hydroxyl groups is 1. The smallest absolute Gasteiger partial charge is 0.255 e. The number of carbonyl (C=O) groups excluding carboxylic acids is 3. The molecule has 5 unspecified atom stereocenters. The van der Waals surface area contributed by atoms with Crippen molar-refractivity contribution >= 4 is 28.9 Å². The Bertz CT molecular complexity index is 1570. The normalized spacial score (nSPS) is 24.8. The lowest BCUT2D eigenvalue weighted by Crippen LogP contribution is -2.55. The molecule has 5 atom stereocenters. The SMILES string of the molecule is CN(C)c1cc(CC(C)(N)Cc2ccccc2)c(O)c2c1CC1CC3C(C(=O)C(C(N)=O)=C(O)C3N(C)C)C(=O)C1=C2O. The van der Waals surface area contributed by atoms with Gasteiger partial charge >= 0.3 is 0 Å². The van der Waals surface area contributed by atoms with E-state index in [9.17, 15) is 29.7 Å². The minimum atomic E-state index is -1.29. The third kappa shape index (κ3) is 5.08. The molecule has 43 heavy (non-hydrogen) atoms. The molecule has 3 aliphatic rings. The fourth-order valence-corrected chi connectivity index (χ4v) is 7.46. The number of ketones is 2. The number of allylic oxidation sites excluding steroid dienone is 1. The molecule has 0 bridgehead atoms. The number of phenols is 1. The first kappa shape index (κ1) is 30.3. The molecule has 0 spiro atoms. The Labute approximate surface area is 251 Å². The molecule has 7 N–H and O–H groups in total. The molecular formula is C33H40N4O6. The van der Waals surface area contributed by atoms with E-state index in [0.717, 1.165) is 11.3 Å². The largest absolute Gasteiger partial charge is 0.510 e. The van der Waals surface area contributed by atoms with Crippen LogP contribution >= 0.6 is 0 Å². The lowest BCUT2D eigenvalue weighted by atomic mass is 9.59. The van der Waals surface area contributed by atoms with Gasteiger partial charge in [0.1, 0.15) is 22.8 Å². The number of benzene rings is 2. The van der Waals surface area contributed by atoms with Gasteiger partial charge in [0.15, 0.2) is 11.6 Å². The van der Waals surface area contributed by atoms with Crippen LogP contribution in [0.25, 0.3) is 5.76 Å². The molecule has 5 rings (SSSR count). The molecule has 2 aromatic carbocycles. The van der Waals surface area contributed by atoms with Crippen LogP contribution in [0, 0.1) is 17.8 Å². The van der Waals surface area contributed by atoms with Crippen LogP contribution in [0.4, 0.5) is 5.69 Å². The molecule has 1 amide bonds. The van der Waals surface area contributed by atoms with E-state index in [-0.39, 0.29) is 22.6 Å². The summed E-state index contributed by atoms with van der Waals surface area (Å²) in [4.78, 5) is 43.3. The van der Waals surface area contributed by atoms with Crippen LogP contribution in [-0.4, -0.2) is 77.5 Å². The molecule has 3 aliphatic carbocycles. The van der Waals surface area contributed by atoms with Gasteiger partial charge in [-0.3, -0.25) is 19.3 Å². The summed E-state index contributed by atoms with van der Waals surface area (Å²) in [6.07, 6.45) is 1.47. The zero-order chi connectivity index (χ0) is 31.5. The van der Waals surface area contributed by atoms with Crippen LogP contribution in [0.1, 0.15) is 35.6 Å². The van der Waals surface area contributed by atoms with Crippen LogP contribution in [0.2, 0.25) is 0 Å². The molecule has 0 heterocycles. The number of hydrogen-bond donors (Lipinski definition) is 5. The zero-order valence-electron chi connectivity index (χ0n) is 25.2. The highest BCUT2D eigenvalue weighted by Gasteiger charge is 2.56. The van der Waals surface area contributed by atoms with E-state index < -0.39 is 58.1 Å². The van der Waals surface area contributed by atoms with Crippen LogP contribution in [0.15, 0.2) is 53.3 Å². The Balaban J connectivity index is 1.61. The summed E-state index contributed by atoms with van der Waals surface area (Å²) in [5.74, 6) is -5.90. The first-order valence-corrected chi connectivity index (χ1v) is 14.4. The molecule has 1 saturated carbocycles. The summed E-state index contributed by atoms with van der Waals surface area (Å²) in [5, 5.41) is 34.3. The summed E-state index contributed by atoms with van der Waals surface area (Å²) in [6.45, 7) is 1.91. The van der Waals surface area contributed by atoms with E-state index >= 15 is 0 Å². The molecular weight excluding hydrogens is 548 g/mol. The number of hydrogen-bond acceptors (Lipinski definition) is 9. The zero-order valence-corrected chi connectivity index (χ0v) is 25.2. The number of phenolic OH excluding ortho intramolecular Hbond substituents is 1. The topological polar surface area (TPSA) is 170 Å². The lowest BCUT2D eigenvalue weighted by Gasteiger charge is -2.46. The lowest BCUT2D eigenvalue weighted by molar-refractivity contribution is -0.136. The van der Waals surface area contributed by atoms with E-state index in [0.29, 0.717) is 36.8 Å². The maximum Gasteiger partial charge on any atom is 0.255 e. The van der Waals surface area contributed by atoms with Gasteiger partial charge in [0.2, 0.25) is 0 Å². The van der Waals surface area contributed by atoms with Crippen LogP contribution in [-0.2, 0) is 33.6 Å². The van der Waals surface area contributed by atoms with Gasteiger partial charge in [-0.1, -0.05) is 30.3 Å². The molecule has 1 fully saturated rings. The first-order chi connectivity index (χ1) is 20.1. The Morgan fingerprint density at radius 2 is 1.67 bits per heavy atom. The number of Topliss-reactive ketones (excluding diaryl/α,β-unsaturated/α-hetero) is 2. The van der Waals surface area contributed by atoms with Crippen molar-refractivity contribution in [3.05, 3.63) is 75.6 Å². The Hall–Kier alpha value is -4.15. The monoisotopic (exact) mass is 588 g/mol. The summed E-state index contributed by atoms with van der Waals surface area (Å²) in [6, 6.07) is 10.9. The number of carbonyl (C=O) groups is 3. The highest BCUT2D eigenvalue weighted by molar-refractivity contribution is 6.28. The second-order valence-corrected chi connectivity index (χ2v) is 12.9. The molecule has 0 saturated heterocycles. The van der Waals surface area contributed by atoms with Crippen molar-refractivity contribution in [2.45, 2.75) is 44.2 Å². The maximum absolute atomic E-state index is 14.1. The van der Waals surface area contributed by atoms with E-state index in [2.05, 4.69) is 0 Å². The Kier molecular flexibility index (Phi) is 7.64. The summed E-state index contributed by atoms with van der Waals surface area (Å²) < 4.78 is 0. The third-order valence-corrected chi connectivity index (χ3v) is 9.15. The number of likely N-dealkylation sites (N-methyl/N-ethyl adjacent to an activating group) is 1. The molecule has 0 aromatic heterocycles. The quantitative estimate of drug-likeness (QED) is 0.241. The van der Waals surface area contributed by atoms with Crippen LogP contribution in [0.5, 0.6) is 5.75 Å². The minimum absolute atomic E-state index is 0.0572. The number of fused-ring (bicyclic) bond motifs is 3. The van der Waals surface area contributed by atoms with E-state index in [1.54, 1.807) is 19.0 Å². The number of nitrogens with zero attached hydrogens (tertiary/aromatic N) is 2. The van der Waals surface area contributed by atoms with E-state index in [1.807, 2.05) is 62.3 Å². The third-order valence-electron chi connectivity index (χ3n) is 9.15. The van der Waals surface area contributed by atoms with Crippen LogP contribution in [0.3, 0.4) is 0 Å². The number of anilines is 1. The highest BCUT2D eigenvalue weighted by atomic mass is 16.3. The number of rotatable bonds is 7. The van der Waals surface area contributed by atoms with Crippen molar-refractivity contribution in [2.24, 2.45) is 29.2 Å². The van der Waals surface area contributed by atoms with Crippen molar-refractivity contribution in [1.29, 1.82) is 0 Å². The predicted octanol–water partition coefficient (Wildman–Crippen LogP) is 2.42. The van der Waals surface area contributed by atoms with E-state index in [1.165, 1.54) is 0 Å². The van der Waals surface area contributed by atoms with Gasteiger partial charge in [0.05, 0.1) is 17.5 Å². The van der Waals surface area contributed by atoms with E-state index in [4.69, 9.17) is 11.5 Å². The van der Waals surface area contributed by atoms with Crippen molar-refractivity contribution in [3.8, 4) is 5.75 Å². The van der Waals surface area contributed by atoms with Gasteiger partial charge in [-0.05, 0) is 81.3 Å². The molecule has 0 radical (unpaired) electrons. The Morgan fingerprint density at radius 3 is 2.26 bits per heavy atom. The fraction of sp³-hybridized carbons (Fsp3) is 0.424. The van der Waals surface area contributed by atoms with Gasteiger partial charge in [0, 0.05) is 30.9 Å². The van der Waals surface area contributed by atoms with Crippen molar-refractivity contribution in [3.63, 3.8) is 0 Å². The average molecular weight is 589 g/mol. The van der Waals surface area contributed by atoms with Crippen molar-refractivity contribution < 1.29 is 29.7 Å². The van der Waals surface area contributed by atoms with Gasteiger partial charge in [0.25, 0.3) is 5.91 Å². The summed E-state index contributed by atoms with van der Waals surface area (Å²) >= 11 is 0.